The molecule has 0 unspecified atom stereocenters. The van der Waals surface area contributed by atoms with Crippen LogP contribution in [0.1, 0.15) is 29.3 Å². The zero-order valence-electron chi connectivity index (χ0n) is 18.5. The minimum atomic E-state index is -3.62. The van der Waals surface area contributed by atoms with Gasteiger partial charge in [0, 0.05) is 38.7 Å². The molecule has 4 aromatic rings. The number of pyridine rings is 1. The van der Waals surface area contributed by atoms with Gasteiger partial charge in [0.15, 0.2) is 0 Å². The van der Waals surface area contributed by atoms with E-state index in [1.807, 2.05) is 67.6 Å². The van der Waals surface area contributed by atoms with Crippen molar-refractivity contribution in [2.75, 3.05) is 6.26 Å². The minimum absolute atomic E-state index is 0.406. The second kappa shape index (κ2) is 8.69. The summed E-state index contributed by atoms with van der Waals surface area (Å²) in [5.74, 6) is 0. The van der Waals surface area contributed by atoms with E-state index >= 15 is 0 Å². The highest BCUT2D eigenvalue weighted by molar-refractivity contribution is 7.88. The molecule has 34 heavy (non-hydrogen) atoms. The van der Waals surface area contributed by atoms with Crippen LogP contribution in [-0.2, 0) is 10.0 Å². The largest absolute Gasteiger partial charge is 0.252 e. The van der Waals surface area contributed by atoms with Crippen LogP contribution in [0.5, 0.6) is 0 Å². The van der Waals surface area contributed by atoms with Gasteiger partial charge >= 0.3 is 0 Å². The Morgan fingerprint density at radius 1 is 0.912 bits per heavy atom. The number of aromatic nitrogens is 1. The van der Waals surface area contributed by atoms with Gasteiger partial charge in [-0.1, -0.05) is 65.7 Å². The Morgan fingerprint density at radius 3 is 2.26 bits per heavy atom. The second-order valence-electron chi connectivity index (χ2n) is 8.33. The molecule has 5 rings (SSSR count). The van der Waals surface area contributed by atoms with Crippen molar-refractivity contribution in [1.82, 2.24) is 9.40 Å². The summed E-state index contributed by atoms with van der Waals surface area (Å²) in [4.78, 5) is 4.82. The van der Waals surface area contributed by atoms with Crippen LogP contribution >= 0.6 is 23.2 Å². The average molecular weight is 510 g/mol. The first kappa shape index (κ1) is 22.8. The quantitative estimate of drug-likeness (QED) is 0.310. The first-order valence-electron chi connectivity index (χ1n) is 10.7. The maximum atomic E-state index is 12.7. The molecule has 0 amide bonds. The van der Waals surface area contributed by atoms with Gasteiger partial charge in [0.2, 0.25) is 10.0 Å². The number of halogens is 2. The summed E-state index contributed by atoms with van der Waals surface area (Å²) in [6.07, 6.45) is 1.58. The van der Waals surface area contributed by atoms with Crippen molar-refractivity contribution in [3.8, 4) is 11.1 Å². The van der Waals surface area contributed by atoms with Gasteiger partial charge in [-0.3, -0.25) is 4.98 Å². The number of rotatable bonds is 4. The van der Waals surface area contributed by atoms with Crippen LogP contribution in [0.3, 0.4) is 0 Å². The van der Waals surface area contributed by atoms with Crippen molar-refractivity contribution in [3.05, 3.63) is 99.7 Å². The van der Waals surface area contributed by atoms with E-state index in [0.29, 0.717) is 22.2 Å². The number of hydrazone groups is 1. The normalized spacial score (nSPS) is 16.2. The minimum Gasteiger partial charge on any atom is -0.252 e. The fraction of sp³-hybridized carbons (Fsp3) is 0.154. The van der Waals surface area contributed by atoms with Gasteiger partial charge in [-0.05, 0) is 48.4 Å². The van der Waals surface area contributed by atoms with Crippen LogP contribution in [-0.4, -0.2) is 29.8 Å². The molecule has 0 fully saturated rings. The molecule has 8 heteroatoms. The van der Waals surface area contributed by atoms with Gasteiger partial charge in [-0.15, -0.1) is 0 Å². The molecular weight excluding hydrogens is 489 g/mol. The Bertz CT molecular complexity index is 1540. The van der Waals surface area contributed by atoms with Gasteiger partial charge in [0.25, 0.3) is 0 Å². The predicted molar refractivity (Wildman–Crippen MR) is 139 cm³/mol. The lowest BCUT2D eigenvalue weighted by atomic mass is 9.89. The van der Waals surface area contributed by atoms with Gasteiger partial charge in [0.05, 0.1) is 23.5 Å². The molecule has 1 aliphatic rings. The predicted octanol–water partition coefficient (Wildman–Crippen LogP) is 6.63. The number of sulfonamides is 1. The zero-order valence-corrected chi connectivity index (χ0v) is 20.9. The van der Waals surface area contributed by atoms with Crippen LogP contribution in [0.25, 0.3) is 22.0 Å². The molecular formula is C26H21Cl2N3O2S. The second-order valence-corrected chi connectivity index (χ2v) is 11.0. The number of hydrogen-bond acceptors (Lipinski definition) is 4. The molecule has 1 atom stereocenters. The molecule has 0 bridgehead atoms. The number of fused-ring (bicyclic) bond motifs is 1. The number of benzene rings is 3. The summed E-state index contributed by atoms with van der Waals surface area (Å²) in [6.45, 7) is 1.93. The molecule has 1 aliphatic heterocycles. The molecule has 2 heterocycles. The molecule has 0 saturated carbocycles. The summed E-state index contributed by atoms with van der Waals surface area (Å²) in [7, 11) is -3.62. The van der Waals surface area contributed by atoms with Gasteiger partial charge in [-0.2, -0.15) is 9.52 Å². The van der Waals surface area contributed by atoms with E-state index < -0.39 is 16.1 Å². The van der Waals surface area contributed by atoms with Crippen LogP contribution in [0, 0.1) is 6.92 Å². The Morgan fingerprint density at radius 2 is 1.59 bits per heavy atom. The summed E-state index contributed by atoms with van der Waals surface area (Å²) in [5, 5.41) is 6.73. The van der Waals surface area contributed by atoms with Crippen LogP contribution < -0.4 is 0 Å². The van der Waals surface area contributed by atoms with Gasteiger partial charge < -0.3 is 0 Å². The van der Waals surface area contributed by atoms with Crippen LogP contribution in [0.2, 0.25) is 10.0 Å². The third-order valence-corrected chi connectivity index (χ3v) is 7.45. The van der Waals surface area contributed by atoms with Crippen molar-refractivity contribution < 1.29 is 8.42 Å². The lowest BCUT2D eigenvalue weighted by molar-refractivity contribution is 0.375. The number of nitrogens with zero attached hydrogens (tertiary/aromatic N) is 3. The molecule has 172 valence electrons. The van der Waals surface area contributed by atoms with E-state index in [-0.39, 0.29) is 0 Å². The standard InChI is InChI=1S/C26H21Cl2N3O2S/c1-16-25(23-15-24(31(30-23)34(2,32)33)17-8-10-19(27)11-9-17)26(18-6-4-3-5-7-18)21-14-20(28)12-13-22(21)29-16/h3-14,24H,15H2,1-2H3/t24-/m0/s1. The molecule has 3 aromatic carbocycles. The monoisotopic (exact) mass is 509 g/mol. The first-order valence-corrected chi connectivity index (χ1v) is 13.3. The summed E-state index contributed by atoms with van der Waals surface area (Å²) in [6, 6.07) is 22.3. The van der Waals surface area contributed by atoms with E-state index in [0.717, 1.165) is 38.9 Å². The van der Waals surface area contributed by atoms with Crippen molar-refractivity contribution >= 4 is 49.8 Å². The SMILES string of the molecule is Cc1nc2ccc(Cl)cc2c(-c2ccccc2)c1C1=NN(S(C)(=O)=O)[C@H](c2ccc(Cl)cc2)C1. The van der Waals surface area contributed by atoms with Gasteiger partial charge in [0.1, 0.15) is 0 Å². The van der Waals surface area contributed by atoms with Crippen molar-refractivity contribution in [3.63, 3.8) is 0 Å². The smallest absolute Gasteiger partial charge is 0.247 e. The molecule has 1 aromatic heterocycles. The number of hydrogen-bond donors (Lipinski definition) is 0. The molecule has 5 nitrogen and oxygen atoms in total. The fourth-order valence-electron chi connectivity index (χ4n) is 4.49. The maximum absolute atomic E-state index is 12.7. The Balaban J connectivity index is 1.75. The third kappa shape index (κ3) is 4.17. The molecule has 0 aliphatic carbocycles. The topological polar surface area (TPSA) is 62.6 Å². The van der Waals surface area contributed by atoms with Gasteiger partial charge in [-0.25, -0.2) is 8.42 Å². The highest BCUT2D eigenvalue weighted by Crippen LogP contribution is 2.40. The molecule has 0 radical (unpaired) electrons. The lowest BCUT2D eigenvalue weighted by Gasteiger charge is -2.21. The summed E-state index contributed by atoms with van der Waals surface area (Å²) >= 11 is 12.4. The van der Waals surface area contributed by atoms with E-state index in [4.69, 9.17) is 28.2 Å². The Hall–Kier alpha value is -2.93. The molecule has 0 saturated heterocycles. The van der Waals surface area contributed by atoms with E-state index in [1.165, 1.54) is 10.7 Å². The Labute approximate surface area is 208 Å². The van der Waals surface area contributed by atoms with Crippen molar-refractivity contribution in [2.24, 2.45) is 5.10 Å². The maximum Gasteiger partial charge on any atom is 0.247 e. The lowest BCUT2D eigenvalue weighted by Crippen LogP contribution is -2.25. The Kier molecular flexibility index (Phi) is 5.84. The first-order chi connectivity index (χ1) is 16.2. The van der Waals surface area contributed by atoms with Crippen LogP contribution in [0.4, 0.5) is 0 Å². The van der Waals surface area contributed by atoms with Crippen molar-refractivity contribution in [2.45, 2.75) is 19.4 Å². The van der Waals surface area contributed by atoms with E-state index in [2.05, 4.69) is 5.10 Å². The van der Waals surface area contributed by atoms with Crippen molar-refractivity contribution in [1.29, 1.82) is 0 Å². The summed E-state index contributed by atoms with van der Waals surface area (Å²) in [5.41, 5.74) is 5.83. The third-order valence-electron chi connectivity index (χ3n) is 5.95. The average Bonchev–Trinajstić information content (AvgIpc) is 3.25. The highest BCUT2D eigenvalue weighted by Gasteiger charge is 2.36. The highest BCUT2D eigenvalue weighted by atomic mass is 35.5. The number of aryl methyl sites for hydroxylation is 1. The molecule has 0 spiro atoms. The van der Waals surface area contributed by atoms with E-state index in [1.54, 1.807) is 12.1 Å². The zero-order chi connectivity index (χ0) is 24.0. The summed E-state index contributed by atoms with van der Waals surface area (Å²) < 4.78 is 26.6. The fourth-order valence-corrected chi connectivity index (χ4v) is 5.70. The van der Waals surface area contributed by atoms with Crippen LogP contribution in [0.15, 0.2) is 77.9 Å². The molecule has 0 N–H and O–H groups in total. The van der Waals surface area contributed by atoms with E-state index in [9.17, 15) is 8.42 Å².